The molecule has 3 rings (SSSR count). The van der Waals surface area contributed by atoms with E-state index in [4.69, 9.17) is 19.9 Å². The molecule has 8 heteroatoms. The number of methoxy groups -OCH3 is 2. The molecular weight excluding hydrogens is 382 g/mol. The Bertz CT molecular complexity index is 963. The van der Waals surface area contributed by atoms with Gasteiger partial charge in [-0.1, -0.05) is 13.3 Å². The Balaban J connectivity index is 1.74. The van der Waals surface area contributed by atoms with Crippen molar-refractivity contribution in [3.05, 3.63) is 48.8 Å². The lowest BCUT2D eigenvalue weighted by molar-refractivity contribution is 0.309. The fourth-order valence-corrected chi connectivity index (χ4v) is 2.73. The van der Waals surface area contributed by atoms with Gasteiger partial charge >= 0.3 is 0 Å². The molecule has 1 heterocycles. The highest BCUT2D eigenvalue weighted by molar-refractivity contribution is 5.81. The maximum absolute atomic E-state index is 6.30. The second-order valence-electron chi connectivity index (χ2n) is 6.53. The maximum Gasteiger partial charge on any atom is 0.159 e. The molecule has 0 aliphatic rings. The summed E-state index contributed by atoms with van der Waals surface area (Å²) in [4.78, 5) is 8.51. The van der Waals surface area contributed by atoms with Crippen LogP contribution < -0.4 is 30.6 Å². The number of aromatic nitrogens is 2. The van der Waals surface area contributed by atoms with Crippen LogP contribution in [-0.2, 0) is 0 Å². The van der Waals surface area contributed by atoms with Crippen molar-refractivity contribution in [2.75, 3.05) is 37.2 Å². The van der Waals surface area contributed by atoms with Gasteiger partial charge in [-0.3, -0.25) is 0 Å². The van der Waals surface area contributed by atoms with Crippen LogP contribution in [0.25, 0.3) is 0 Å². The molecule has 0 atom stereocenters. The molecule has 0 saturated carbocycles. The van der Waals surface area contributed by atoms with E-state index in [1.807, 2.05) is 36.4 Å². The van der Waals surface area contributed by atoms with Crippen molar-refractivity contribution in [1.29, 1.82) is 0 Å². The second kappa shape index (κ2) is 10.2. The predicted molar refractivity (Wildman–Crippen MR) is 119 cm³/mol. The minimum atomic E-state index is 0.388. The van der Waals surface area contributed by atoms with Crippen LogP contribution in [0.4, 0.5) is 28.7 Å². The monoisotopic (exact) mass is 409 g/mol. The third kappa shape index (κ3) is 5.22. The minimum absolute atomic E-state index is 0.388. The third-order valence-electron chi connectivity index (χ3n) is 4.43. The van der Waals surface area contributed by atoms with E-state index in [-0.39, 0.29) is 0 Å². The number of unbranched alkanes of at least 4 members (excludes halogenated alkanes) is 1. The lowest BCUT2D eigenvalue weighted by Gasteiger charge is -2.15. The molecule has 0 unspecified atom stereocenters. The molecule has 0 aliphatic heterocycles. The van der Waals surface area contributed by atoms with Crippen molar-refractivity contribution in [3.8, 4) is 17.2 Å². The Kier molecular flexibility index (Phi) is 7.15. The van der Waals surface area contributed by atoms with Crippen LogP contribution in [0.3, 0.4) is 0 Å². The Morgan fingerprint density at radius 3 is 2.27 bits per heavy atom. The standard InChI is InChI=1S/C22H27N5O3/c1-4-5-12-30-16-8-6-15(7-9-16)26-21-20(23)22(25-14-24-21)27-18-11-10-17(28-2)13-19(18)29-3/h6-11,13-14H,4-5,12,23H2,1-3H3,(H2,24,25,26,27). The van der Waals surface area contributed by atoms with Crippen LogP contribution in [0.1, 0.15) is 19.8 Å². The van der Waals surface area contributed by atoms with E-state index < -0.39 is 0 Å². The number of ether oxygens (including phenoxy) is 3. The van der Waals surface area contributed by atoms with Crippen LogP contribution in [0, 0.1) is 0 Å². The molecule has 0 amide bonds. The van der Waals surface area contributed by atoms with Crippen LogP contribution in [-0.4, -0.2) is 30.8 Å². The van der Waals surface area contributed by atoms with E-state index in [9.17, 15) is 0 Å². The minimum Gasteiger partial charge on any atom is -0.497 e. The van der Waals surface area contributed by atoms with Gasteiger partial charge < -0.3 is 30.6 Å². The number of anilines is 5. The van der Waals surface area contributed by atoms with Gasteiger partial charge in [-0.25, -0.2) is 9.97 Å². The number of nitrogens with zero attached hydrogens (tertiary/aromatic N) is 2. The number of nitrogens with two attached hydrogens (primary N) is 1. The largest absolute Gasteiger partial charge is 0.497 e. The van der Waals surface area contributed by atoms with Gasteiger partial charge in [0.2, 0.25) is 0 Å². The number of benzene rings is 2. The van der Waals surface area contributed by atoms with E-state index >= 15 is 0 Å². The lowest BCUT2D eigenvalue weighted by Crippen LogP contribution is -2.06. The van der Waals surface area contributed by atoms with E-state index in [1.54, 1.807) is 20.3 Å². The summed E-state index contributed by atoms with van der Waals surface area (Å²) in [7, 11) is 3.19. The average Bonchev–Trinajstić information content (AvgIpc) is 2.78. The summed E-state index contributed by atoms with van der Waals surface area (Å²) < 4.78 is 16.3. The van der Waals surface area contributed by atoms with Gasteiger partial charge in [-0.05, 0) is 42.8 Å². The molecule has 30 heavy (non-hydrogen) atoms. The zero-order valence-corrected chi connectivity index (χ0v) is 17.4. The van der Waals surface area contributed by atoms with Gasteiger partial charge in [0.25, 0.3) is 0 Å². The average molecular weight is 409 g/mol. The molecule has 4 N–H and O–H groups in total. The summed E-state index contributed by atoms with van der Waals surface area (Å²) in [5.41, 5.74) is 8.24. The van der Waals surface area contributed by atoms with E-state index in [2.05, 4.69) is 27.5 Å². The maximum atomic E-state index is 6.30. The van der Waals surface area contributed by atoms with Crippen molar-refractivity contribution in [2.45, 2.75) is 19.8 Å². The number of nitrogens with one attached hydrogen (secondary N) is 2. The Morgan fingerprint density at radius 2 is 1.60 bits per heavy atom. The van der Waals surface area contributed by atoms with E-state index in [1.165, 1.54) is 6.33 Å². The van der Waals surface area contributed by atoms with Crippen molar-refractivity contribution < 1.29 is 14.2 Å². The van der Waals surface area contributed by atoms with Crippen LogP contribution in [0.15, 0.2) is 48.8 Å². The SMILES string of the molecule is CCCCOc1ccc(Nc2ncnc(Nc3ccc(OC)cc3OC)c2N)cc1. The topological polar surface area (TPSA) is 104 Å². The molecule has 0 radical (unpaired) electrons. The smallest absolute Gasteiger partial charge is 0.159 e. The summed E-state index contributed by atoms with van der Waals surface area (Å²) in [6, 6.07) is 13.1. The van der Waals surface area contributed by atoms with Crippen LogP contribution in [0.5, 0.6) is 17.2 Å². The number of rotatable bonds is 10. The van der Waals surface area contributed by atoms with Crippen molar-refractivity contribution in [1.82, 2.24) is 9.97 Å². The number of hydrogen-bond donors (Lipinski definition) is 3. The summed E-state index contributed by atoms with van der Waals surface area (Å²) >= 11 is 0. The highest BCUT2D eigenvalue weighted by Gasteiger charge is 2.12. The molecule has 158 valence electrons. The molecule has 2 aromatic carbocycles. The molecule has 3 aromatic rings. The van der Waals surface area contributed by atoms with Gasteiger partial charge in [0.05, 0.1) is 26.5 Å². The van der Waals surface area contributed by atoms with Crippen LogP contribution in [0.2, 0.25) is 0 Å². The van der Waals surface area contributed by atoms with Gasteiger partial charge in [0.15, 0.2) is 11.6 Å². The third-order valence-corrected chi connectivity index (χ3v) is 4.43. The highest BCUT2D eigenvalue weighted by atomic mass is 16.5. The Labute approximate surface area is 176 Å². The molecule has 0 spiro atoms. The summed E-state index contributed by atoms with van der Waals surface area (Å²) in [5.74, 6) is 3.10. The fourth-order valence-electron chi connectivity index (χ4n) is 2.73. The Hall–Kier alpha value is -3.68. The summed E-state index contributed by atoms with van der Waals surface area (Å²) in [6.45, 7) is 2.85. The van der Waals surface area contributed by atoms with Gasteiger partial charge in [0, 0.05) is 11.8 Å². The zero-order valence-electron chi connectivity index (χ0n) is 17.4. The zero-order chi connectivity index (χ0) is 21.3. The fraction of sp³-hybridized carbons (Fsp3) is 0.273. The van der Waals surface area contributed by atoms with Crippen LogP contribution >= 0.6 is 0 Å². The number of hydrogen-bond acceptors (Lipinski definition) is 8. The second-order valence-corrected chi connectivity index (χ2v) is 6.53. The van der Waals surface area contributed by atoms with E-state index in [0.717, 1.165) is 24.3 Å². The predicted octanol–water partition coefficient (Wildman–Crippen LogP) is 4.74. The number of nitrogen functional groups attached to an aromatic ring is 1. The normalized spacial score (nSPS) is 10.4. The van der Waals surface area contributed by atoms with Gasteiger partial charge in [-0.15, -0.1) is 0 Å². The molecule has 0 fully saturated rings. The van der Waals surface area contributed by atoms with Crippen molar-refractivity contribution >= 4 is 28.7 Å². The molecule has 8 nitrogen and oxygen atoms in total. The summed E-state index contributed by atoms with van der Waals surface area (Å²) in [5, 5.41) is 6.41. The van der Waals surface area contributed by atoms with E-state index in [0.29, 0.717) is 41.1 Å². The molecule has 0 aliphatic carbocycles. The lowest BCUT2D eigenvalue weighted by atomic mass is 10.2. The van der Waals surface area contributed by atoms with Gasteiger partial charge in [0.1, 0.15) is 29.3 Å². The molecule has 0 saturated heterocycles. The highest BCUT2D eigenvalue weighted by Crippen LogP contribution is 2.34. The first kappa shape index (κ1) is 21.0. The quantitative estimate of drug-likeness (QED) is 0.413. The van der Waals surface area contributed by atoms with Crippen molar-refractivity contribution in [2.24, 2.45) is 0 Å². The first-order valence-electron chi connectivity index (χ1n) is 9.74. The van der Waals surface area contributed by atoms with Gasteiger partial charge in [-0.2, -0.15) is 0 Å². The Morgan fingerprint density at radius 1 is 0.900 bits per heavy atom. The first-order valence-corrected chi connectivity index (χ1v) is 9.74. The first-order chi connectivity index (χ1) is 14.6. The molecule has 1 aromatic heterocycles. The molecule has 0 bridgehead atoms. The van der Waals surface area contributed by atoms with Crippen molar-refractivity contribution in [3.63, 3.8) is 0 Å². The summed E-state index contributed by atoms with van der Waals surface area (Å²) in [6.07, 6.45) is 3.58. The molecular formula is C22H27N5O3.